The predicted molar refractivity (Wildman–Crippen MR) is 79.1 cm³/mol. The third-order valence-corrected chi connectivity index (χ3v) is 3.29. The molecule has 0 aliphatic rings. The quantitative estimate of drug-likeness (QED) is 0.633. The molecule has 0 aliphatic heterocycles. The number of hydrogen-bond donors (Lipinski definition) is 2. The number of nitrogens with one attached hydrogen (secondary N) is 2. The summed E-state index contributed by atoms with van der Waals surface area (Å²) in [5, 5.41) is 19.9. The lowest BCUT2D eigenvalue weighted by Crippen LogP contribution is -2.14. The molecule has 1 amide bonds. The largest absolute Gasteiger partial charge is 0.319 e. The Hall–Kier alpha value is -2.29. The van der Waals surface area contributed by atoms with E-state index in [-0.39, 0.29) is 11.5 Å². The average Bonchev–Trinajstić information content (AvgIpc) is 2.90. The predicted octanol–water partition coefficient (Wildman–Crippen LogP) is 2.68. The van der Waals surface area contributed by atoms with Crippen molar-refractivity contribution in [1.29, 1.82) is 0 Å². The number of carbonyl (C=O) groups excluding carboxylic acids is 1. The number of nitro benzene ring substituents is 1. The Morgan fingerprint density at radius 1 is 1.52 bits per heavy atom. The molecule has 2 aromatic rings. The molecule has 0 atom stereocenters. The lowest BCUT2D eigenvalue weighted by atomic mass is 10.3. The summed E-state index contributed by atoms with van der Waals surface area (Å²) >= 11 is 3.08. The summed E-state index contributed by atoms with van der Waals surface area (Å²) < 4.78 is 0.341. The van der Waals surface area contributed by atoms with Crippen molar-refractivity contribution in [3.63, 3.8) is 0 Å². The molecule has 0 saturated carbocycles. The fourth-order valence-electron chi connectivity index (χ4n) is 1.66. The Morgan fingerprint density at radius 2 is 2.29 bits per heavy atom. The SMILES string of the molecule is CCCc1nc(C(=O)Nc2ccc(Br)c([N+](=O)[O-])c2)n[nH]1. The second-order valence-electron chi connectivity index (χ2n) is 4.23. The monoisotopic (exact) mass is 353 g/mol. The molecule has 9 heteroatoms. The number of anilines is 1. The van der Waals surface area contributed by atoms with E-state index in [0.29, 0.717) is 22.4 Å². The molecule has 1 heterocycles. The smallest absolute Gasteiger partial charge is 0.295 e. The van der Waals surface area contributed by atoms with Crippen LogP contribution in [0.4, 0.5) is 11.4 Å². The minimum atomic E-state index is -0.536. The van der Waals surface area contributed by atoms with Gasteiger partial charge < -0.3 is 5.32 Å². The van der Waals surface area contributed by atoms with Gasteiger partial charge in [-0.3, -0.25) is 20.0 Å². The Morgan fingerprint density at radius 3 is 2.95 bits per heavy atom. The highest BCUT2D eigenvalue weighted by atomic mass is 79.9. The summed E-state index contributed by atoms with van der Waals surface area (Å²) in [6.07, 6.45) is 1.58. The fourth-order valence-corrected chi connectivity index (χ4v) is 2.05. The summed E-state index contributed by atoms with van der Waals surface area (Å²) in [5.41, 5.74) is 0.172. The molecule has 0 radical (unpaired) electrons. The van der Waals surface area contributed by atoms with Crippen LogP contribution in [0.15, 0.2) is 22.7 Å². The highest BCUT2D eigenvalue weighted by Gasteiger charge is 2.16. The Balaban J connectivity index is 2.15. The van der Waals surface area contributed by atoms with E-state index in [0.717, 1.165) is 6.42 Å². The second-order valence-corrected chi connectivity index (χ2v) is 5.09. The van der Waals surface area contributed by atoms with Crippen LogP contribution in [0, 0.1) is 10.1 Å². The first-order chi connectivity index (χ1) is 10.0. The third kappa shape index (κ3) is 3.63. The van der Waals surface area contributed by atoms with Crippen LogP contribution in [0.1, 0.15) is 29.8 Å². The van der Waals surface area contributed by atoms with Crippen molar-refractivity contribution in [2.45, 2.75) is 19.8 Å². The van der Waals surface area contributed by atoms with Gasteiger partial charge >= 0.3 is 0 Å². The molecule has 110 valence electrons. The van der Waals surface area contributed by atoms with Gasteiger partial charge in [-0.05, 0) is 34.5 Å². The first-order valence-electron chi connectivity index (χ1n) is 6.17. The molecule has 1 aromatic heterocycles. The number of aromatic amines is 1. The number of hydrogen-bond acceptors (Lipinski definition) is 5. The van der Waals surface area contributed by atoms with Crippen LogP contribution in [-0.4, -0.2) is 26.0 Å². The van der Waals surface area contributed by atoms with Crippen LogP contribution in [0.3, 0.4) is 0 Å². The van der Waals surface area contributed by atoms with Gasteiger partial charge in [0.1, 0.15) is 5.82 Å². The average molecular weight is 354 g/mol. The Bertz CT molecular complexity index is 685. The van der Waals surface area contributed by atoms with E-state index in [1.54, 1.807) is 6.07 Å². The number of nitro groups is 1. The number of H-pyrrole nitrogens is 1. The molecular formula is C12H12BrN5O3. The Labute approximate surface area is 128 Å². The first-order valence-corrected chi connectivity index (χ1v) is 6.97. The van der Waals surface area contributed by atoms with E-state index in [4.69, 9.17) is 0 Å². The zero-order valence-electron chi connectivity index (χ0n) is 11.1. The normalized spacial score (nSPS) is 10.4. The van der Waals surface area contributed by atoms with Gasteiger partial charge in [0.15, 0.2) is 0 Å². The molecule has 0 bridgehead atoms. The minimum absolute atomic E-state index is 0.00372. The molecule has 1 aromatic carbocycles. The van der Waals surface area contributed by atoms with E-state index in [2.05, 4.69) is 36.4 Å². The van der Waals surface area contributed by atoms with Crippen molar-refractivity contribution in [2.75, 3.05) is 5.32 Å². The zero-order valence-corrected chi connectivity index (χ0v) is 12.7. The molecule has 0 fully saturated rings. The number of amides is 1. The lowest BCUT2D eigenvalue weighted by molar-refractivity contribution is -0.385. The van der Waals surface area contributed by atoms with E-state index in [1.165, 1.54) is 12.1 Å². The molecule has 21 heavy (non-hydrogen) atoms. The summed E-state index contributed by atoms with van der Waals surface area (Å²) in [6.45, 7) is 1.99. The van der Waals surface area contributed by atoms with Crippen molar-refractivity contribution in [1.82, 2.24) is 15.2 Å². The number of carbonyl (C=O) groups is 1. The molecule has 8 nitrogen and oxygen atoms in total. The highest BCUT2D eigenvalue weighted by Crippen LogP contribution is 2.27. The number of benzene rings is 1. The van der Waals surface area contributed by atoms with Gasteiger partial charge in [0.05, 0.1) is 9.40 Å². The van der Waals surface area contributed by atoms with Crippen molar-refractivity contribution >= 4 is 33.2 Å². The summed E-state index contributed by atoms with van der Waals surface area (Å²) in [5.74, 6) is 0.110. The van der Waals surface area contributed by atoms with Crippen LogP contribution in [0.25, 0.3) is 0 Å². The second kappa shape index (κ2) is 6.44. The third-order valence-electron chi connectivity index (χ3n) is 2.62. The molecule has 0 unspecified atom stereocenters. The van der Waals surface area contributed by atoms with E-state index >= 15 is 0 Å². The maximum absolute atomic E-state index is 12.0. The minimum Gasteiger partial charge on any atom is -0.319 e. The van der Waals surface area contributed by atoms with Gasteiger partial charge in [0.2, 0.25) is 5.82 Å². The molecule has 2 N–H and O–H groups in total. The van der Waals surface area contributed by atoms with E-state index in [1.807, 2.05) is 6.92 Å². The van der Waals surface area contributed by atoms with Gasteiger partial charge in [-0.15, -0.1) is 5.10 Å². The Kier molecular flexibility index (Phi) is 4.63. The van der Waals surface area contributed by atoms with Crippen molar-refractivity contribution in [3.8, 4) is 0 Å². The van der Waals surface area contributed by atoms with Crippen molar-refractivity contribution in [3.05, 3.63) is 44.4 Å². The summed E-state index contributed by atoms with van der Waals surface area (Å²) in [7, 11) is 0. The number of aryl methyl sites for hydroxylation is 1. The maximum atomic E-state index is 12.0. The van der Waals surface area contributed by atoms with E-state index in [9.17, 15) is 14.9 Å². The van der Waals surface area contributed by atoms with Crippen LogP contribution >= 0.6 is 15.9 Å². The van der Waals surface area contributed by atoms with E-state index < -0.39 is 10.8 Å². The summed E-state index contributed by atoms with van der Waals surface area (Å²) in [4.78, 5) is 26.3. The maximum Gasteiger partial charge on any atom is 0.295 e. The topological polar surface area (TPSA) is 114 Å². The van der Waals surface area contributed by atoms with Crippen LogP contribution in [-0.2, 0) is 6.42 Å². The van der Waals surface area contributed by atoms with Crippen LogP contribution in [0.2, 0.25) is 0 Å². The molecular weight excluding hydrogens is 342 g/mol. The standard InChI is InChI=1S/C12H12BrN5O3/c1-2-3-10-15-11(17-16-10)12(19)14-7-4-5-8(13)9(6-7)18(20)21/h4-6H,2-3H2,1H3,(H,14,19)(H,15,16,17). The van der Waals surface area contributed by atoms with Gasteiger partial charge in [-0.25, -0.2) is 4.98 Å². The van der Waals surface area contributed by atoms with Crippen molar-refractivity contribution in [2.24, 2.45) is 0 Å². The van der Waals surface area contributed by atoms with Gasteiger partial charge in [0, 0.05) is 18.2 Å². The van der Waals surface area contributed by atoms with Gasteiger partial charge in [-0.2, -0.15) is 0 Å². The number of rotatable bonds is 5. The number of aromatic nitrogens is 3. The highest BCUT2D eigenvalue weighted by molar-refractivity contribution is 9.10. The molecule has 2 rings (SSSR count). The lowest BCUT2D eigenvalue weighted by Gasteiger charge is -2.03. The molecule has 0 spiro atoms. The summed E-state index contributed by atoms with van der Waals surface area (Å²) in [6, 6.07) is 4.31. The number of halogens is 1. The zero-order chi connectivity index (χ0) is 15.4. The number of nitrogens with zero attached hydrogens (tertiary/aromatic N) is 3. The van der Waals surface area contributed by atoms with Gasteiger partial charge in [0.25, 0.3) is 11.6 Å². The first kappa shape index (κ1) is 15.1. The van der Waals surface area contributed by atoms with Gasteiger partial charge in [-0.1, -0.05) is 6.92 Å². The molecule has 0 aliphatic carbocycles. The van der Waals surface area contributed by atoms with Crippen LogP contribution < -0.4 is 5.32 Å². The molecule has 0 saturated heterocycles. The van der Waals surface area contributed by atoms with Crippen LogP contribution in [0.5, 0.6) is 0 Å². The van der Waals surface area contributed by atoms with Crippen molar-refractivity contribution < 1.29 is 9.72 Å². The fraction of sp³-hybridized carbons (Fsp3) is 0.250.